The molecule has 5 nitrogen and oxygen atoms in total. The Balaban J connectivity index is 1.53. The van der Waals surface area contributed by atoms with E-state index >= 15 is 0 Å². The van der Waals surface area contributed by atoms with Crippen LogP contribution in [0.2, 0.25) is 0 Å². The Labute approximate surface area is 153 Å². The molecule has 1 heterocycles. The number of amides is 2. The van der Waals surface area contributed by atoms with Crippen molar-refractivity contribution in [3.63, 3.8) is 0 Å². The Morgan fingerprint density at radius 1 is 1.04 bits per heavy atom. The van der Waals surface area contributed by atoms with Crippen LogP contribution in [-0.2, 0) is 22.6 Å². The highest BCUT2D eigenvalue weighted by Gasteiger charge is 2.14. The summed E-state index contributed by atoms with van der Waals surface area (Å²) in [5.74, 6) is -0.234. The molecule has 0 atom stereocenters. The van der Waals surface area contributed by atoms with Gasteiger partial charge in [-0.25, -0.2) is 0 Å². The first-order valence-electron chi connectivity index (χ1n) is 8.80. The van der Waals surface area contributed by atoms with Gasteiger partial charge >= 0.3 is 0 Å². The number of aromatic nitrogens is 1. The molecule has 134 valence electrons. The Morgan fingerprint density at radius 2 is 1.77 bits per heavy atom. The number of nitrogens with one attached hydrogen (secondary N) is 2. The summed E-state index contributed by atoms with van der Waals surface area (Å²) in [6, 6.07) is 17.7. The summed E-state index contributed by atoms with van der Waals surface area (Å²) in [6.07, 6.45) is 2.10. The number of carbonyl (C=O) groups excluding carboxylic acids is 2. The number of hydrogen-bond donors (Lipinski definition) is 2. The number of rotatable bonds is 7. The van der Waals surface area contributed by atoms with Gasteiger partial charge in [-0.05, 0) is 24.1 Å². The molecule has 0 radical (unpaired) electrons. The average molecular weight is 349 g/mol. The van der Waals surface area contributed by atoms with Gasteiger partial charge in [-0.2, -0.15) is 0 Å². The summed E-state index contributed by atoms with van der Waals surface area (Å²) >= 11 is 0. The summed E-state index contributed by atoms with van der Waals surface area (Å²) < 4.78 is 0. The Bertz CT molecular complexity index is 886. The molecular formula is C21H23N3O2. The third-order valence-electron chi connectivity index (χ3n) is 4.41. The second kappa shape index (κ2) is 8.34. The van der Waals surface area contributed by atoms with Gasteiger partial charge in [-0.1, -0.05) is 48.5 Å². The van der Waals surface area contributed by atoms with E-state index in [4.69, 9.17) is 0 Å². The number of H-pyrrole nitrogens is 1. The molecule has 2 amide bonds. The number of nitrogens with zero attached hydrogens (tertiary/aromatic N) is 1. The molecule has 0 unspecified atom stereocenters. The Hall–Kier alpha value is -3.08. The number of benzene rings is 2. The van der Waals surface area contributed by atoms with Crippen molar-refractivity contribution in [1.29, 1.82) is 0 Å². The van der Waals surface area contributed by atoms with Crippen LogP contribution < -0.4 is 5.32 Å². The van der Waals surface area contributed by atoms with E-state index in [1.807, 2.05) is 67.7 Å². The fourth-order valence-electron chi connectivity index (χ4n) is 2.98. The summed E-state index contributed by atoms with van der Waals surface area (Å²) in [4.78, 5) is 29.5. The van der Waals surface area contributed by atoms with E-state index in [0.29, 0.717) is 13.1 Å². The van der Waals surface area contributed by atoms with Crippen LogP contribution in [0, 0.1) is 0 Å². The highest BCUT2D eigenvalue weighted by Crippen LogP contribution is 2.17. The predicted octanol–water partition coefficient (Wildman–Crippen LogP) is 2.88. The molecular weight excluding hydrogens is 326 g/mol. The minimum atomic E-state index is -0.154. The van der Waals surface area contributed by atoms with Crippen molar-refractivity contribution in [1.82, 2.24) is 15.2 Å². The van der Waals surface area contributed by atoms with E-state index in [1.165, 1.54) is 0 Å². The second-order valence-corrected chi connectivity index (χ2v) is 6.21. The van der Waals surface area contributed by atoms with Gasteiger partial charge in [0.05, 0.1) is 13.0 Å². The summed E-state index contributed by atoms with van der Waals surface area (Å²) in [5.41, 5.74) is 3.02. The van der Waals surface area contributed by atoms with Crippen molar-refractivity contribution in [2.24, 2.45) is 0 Å². The van der Waals surface area contributed by atoms with Gasteiger partial charge in [0.25, 0.3) is 0 Å². The molecule has 0 spiro atoms. The minimum Gasteiger partial charge on any atom is -0.361 e. The summed E-state index contributed by atoms with van der Waals surface area (Å²) in [5, 5.41) is 3.78. The first-order valence-corrected chi connectivity index (χ1v) is 8.80. The highest BCUT2D eigenvalue weighted by molar-refractivity contribution is 5.90. The molecule has 3 rings (SSSR count). The van der Waals surface area contributed by atoms with Crippen LogP contribution in [0.25, 0.3) is 10.9 Å². The number of para-hydroxylation sites is 1. The largest absolute Gasteiger partial charge is 0.361 e. The van der Waals surface area contributed by atoms with Gasteiger partial charge < -0.3 is 15.2 Å². The van der Waals surface area contributed by atoms with E-state index in [2.05, 4.69) is 10.3 Å². The van der Waals surface area contributed by atoms with Crippen LogP contribution in [0.3, 0.4) is 0 Å². The first kappa shape index (κ1) is 17.7. The van der Waals surface area contributed by atoms with Gasteiger partial charge in [0.2, 0.25) is 11.8 Å². The fourth-order valence-corrected chi connectivity index (χ4v) is 2.98. The average Bonchev–Trinajstić information content (AvgIpc) is 3.08. The van der Waals surface area contributed by atoms with E-state index < -0.39 is 0 Å². The molecule has 2 aromatic carbocycles. The van der Waals surface area contributed by atoms with E-state index in [9.17, 15) is 9.59 Å². The van der Waals surface area contributed by atoms with Crippen molar-refractivity contribution in [3.8, 4) is 0 Å². The molecule has 26 heavy (non-hydrogen) atoms. The van der Waals surface area contributed by atoms with Crippen LogP contribution in [0.1, 0.15) is 18.1 Å². The second-order valence-electron chi connectivity index (χ2n) is 6.21. The standard InChI is InChI=1S/C21H23N3O2/c1-2-24(15-16-8-4-3-5-9-16)21(26)14-23-20(25)12-17-13-22-19-11-7-6-10-18(17)19/h3-11,13,22H,2,12,14-15H2,1H3,(H,23,25). The van der Waals surface area contributed by atoms with Crippen molar-refractivity contribution in [2.45, 2.75) is 19.9 Å². The minimum absolute atomic E-state index is 0.0157. The summed E-state index contributed by atoms with van der Waals surface area (Å²) in [6.45, 7) is 3.11. The van der Waals surface area contributed by atoms with Crippen LogP contribution in [0.5, 0.6) is 0 Å². The van der Waals surface area contributed by atoms with Crippen LogP contribution >= 0.6 is 0 Å². The molecule has 3 aromatic rings. The number of carbonyl (C=O) groups is 2. The first-order chi connectivity index (χ1) is 12.7. The van der Waals surface area contributed by atoms with Crippen molar-refractivity contribution >= 4 is 22.7 Å². The lowest BCUT2D eigenvalue weighted by atomic mass is 10.1. The van der Waals surface area contributed by atoms with E-state index in [0.717, 1.165) is 22.0 Å². The van der Waals surface area contributed by atoms with Gasteiger partial charge in [-0.15, -0.1) is 0 Å². The van der Waals surface area contributed by atoms with Crippen molar-refractivity contribution in [2.75, 3.05) is 13.1 Å². The lowest BCUT2D eigenvalue weighted by Crippen LogP contribution is -2.40. The lowest BCUT2D eigenvalue weighted by molar-refractivity contribution is -0.133. The highest BCUT2D eigenvalue weighted by atomic mass is 16.2. The lowest BCUT2D eigenvalue weighted by Gasteiger charge is -2.21. The molecule has 0 aliphatic carbocycles. The molecule has 0 aliphatic heterocycles. The quantitative estimate of drug-likeness (QED) is 0.689. The Morgan fingerprint density at radius 3 is 2.54 bits per heavy atom. The van der Waals surface area contributed by atoms with Gasteiger partial charge in [0.1, 0.15) is 0 Å². The van der Waals surface area contributed by atoms with Gasteiger partial charge in [0.15, 0.2) is 0 Å². The molecule has 5 heteroatoms. The third kappa shape index (κ3) is 4.30. The molecule has 0 saturated heterocycles. The maximum absolute atomic E-state index is 12.4. The molecule has 0 fully saturated rings. The molecule has 2 N–H and O–H groups in total. The smallest absolute Gasteiger partial charge is 0.242 e. The van der Waals surface area contributed by atoms with E-state index in [-0.39, 0.29) is 24.8 Å². The van der Waals surface area contributed by atoms with Gasteiger partial charge in [-0.3, -0.25) is 9.59 Å². The van der Waals surface area contributed by atoms with Gasteiger partial charge in [0, 0.05) is 30.2 Å². The fraction of sp³-hybridized carbons (Fsp3) is 0.238. The molecule has 0 aliphatic rings. The number of aromatic amines is 1. The van der Waals surface area contributed by atoms with Crippen LogP contribution in [0.4, 0.5) is 0 Å². The number of fused-ring (bicyclic) bond motifs is 1. The predicted molar refractivity (Wildman–Crippen MR) is 103 cm³/mol. The van der Waals surface area contributed by atoms with Crippen molar-refractivity contribution < 1.29 is 9.59 Å². The SMILES string of the molecule is CCN(Cc1ccccc1)C(=O)CNC(=O)Cc1c[nH]c2ccccc12. The monoisotopic (exact) mass is 349 g/mol. The number of hydrogen-bond acceptors (Lipinski definition) is 2. The number of likely N-dealkylation sites (N-methyl/N-ethyl adjacent to an activating group) is 1. The zero-order chi connectivity index (χ0) is 18.4. The maximum atomic E-state index is 12.4. The molecule has 1 aromatic heterocycles. The van der Waals surface area contributed by atoms with Crippen molar-refractivity contribution in [3.05, 3.63) is 71.9 Å². The molecule has 0 saturated carbocycles. The normalized spacial score (nSPS) is 10.7. The zero-order valence-corrected chi connectivity index (χ0v) is 14.9. The maximum Gasteiger partial charge on any atom is 0.242 e. The van der Waals surface area contributed by atoms with Crippen LogP contribution in [0.15, 0.2) is 60.8 Å². The van der Waals surface area contributed by atoms with Crippen LogP contribution in [-0.4, -0.2) is 34.8 Å². The topological polar surface area (TPSA) is 65.2 Å². The zero-order valence-electron chi connectivity index (χ0n) is 14.9. The molecule has 0 bridgehead atoms. The Kier molecular flexibility index (Phi) is 5.69. The van der Waals surface area contributed by atoms with E-state index in [1.54, 1.807) is 4.90 Å². The third-order valence-corrected chi connectivity index (χ3v) is 4.41. The summed E-state index contributed by atoms with van der Waals surface area (Å²) in [7, 11) is 0.